The van der Waals surface area contributed by atoms with E-state index in [1.165, 1.54) is 32.1 Å². The third-order valence-corrected chi connectivity index (χ3v) is 6.73. The highest BCUT2D eigenvalue weighted by molar-refractivity contribution is 5.67. The van der Waals surface area contributed by atoms with Crippen LogP contribution in [0.2, 0.25) is 0 Å². The van der Waals surface area contributed by atoms with Crippen LogP contribution in [0.15, 0.2) is 18.5 Å². The molecule has 0 radical (unpaired) electrons. The number of likely N-dealkylation sites (tertiary alicyclic amines) is 2. The van der Waals surface area contributed by atoms with Gasteiger partial charge in [0.05, 0.1) is 6.04 Å². The van der Waals surface area contributed by atoms with Crippen molar-refractivity contribution in [2.45, 2.75) is 63.6 Å². The van der Waals surface area contributed by atoms with Gasteiger partial charge in [0.2, 0.25) is 0 Å². The van der Waals surface area contributed by atoms with Crippen LogP contribution in [0.5, 0.6) is 0 Å². The highest BCUT2D eigenvalue weighted by atomic mass is 16.4. The lowest BCUT2D eigenvalue weighted by Gasteiger charge is -2.55. The van der Waals surface area contributed by atoms with Crippen molar-refractivity contribution < 1.29 is 9.90 Å². The fraction of sp³-hybridized carbons (Fsp3) is 0.778. The second-order valence-electron chi connectivity index (χ2n) is 7.85. The fourth-order valence-corrected chi connectivity index (χ4v) is 5.52. The molecule has 1 aromatic rings. The van der Waals surface area contributed by atoms with Gasteiger partial charge in [0, 0.05) is 49.5 Å². The number of amides is 1. The van der Waals surface area contributed by atoms with Crippen LogP contribution in [0.25, 0.3) is 0 Å². The molecule has 1 amide bonds. The lowest BCUT2D eigenvalue weighted by molar-refractivity contribution is -0.0585. The zero-order chi connectivity index (χ0) is 16.7. The summed E-state index contributed by atoms with van der Waals surface area (Å²) in [6.45, 7) is 5.17. The smallest absolute Gasteiger partial charge is 0.407 e. The van der Waals surface area contributed by atoms with Gasteiger partial charge in [-0.3, -0.25) is 4.68 Å². The van der Waals surface area contributed by atoms with E-state index in [0.29, 0.717) is 12.1 Å². The van der Waals surface area contributed by atoms with Crippen LogP contribution in [-0.4, -0.2) is 62.5 Å². The molecule has 3 unspecified atom stereocenters. The van der Waals surface area contributed by atoms with Crippen LogP contribution in [0.3, 0.4) is 0 Å². The van der Waals surface area contributed by atoms with Crippen LogP contribution in [0.4, 0.5) is 4.79 Å². The predicted octanol–water partition coefficient (Wildman–Crippen LogP) is 2.83. The molecule has 6 nitrogen and oxygen atoms in total. The quantitative estimate of drug-likeness (QED) is 0.924. The number of carboxylic acid groups (broad SMARTS) is 1. The number of rotatable bonds is 3. The Balaban J connectivity index is 1.34. The first-order chi connectivity index (χ1) is 11.6. The molecule has 3 fully saturated rings. The minimum absolute atomic E-state index is 0.238. The SMILES string of the molecule is CCC1N(C(=O)O)CC12CCC(N1CCC(n3cccn3)CC1)C2. The normalized spacial score (nSPS) is 34.6. The molecule has 0 aromatic carbocycles. The average molecular weight is 332 g/mol. The third kappa shape index (κ3) is 2.51. The van der Waals surface area contributed by atoms with Gasteiger partial charge in [-0.1, -0.05) is 6.92 Å². The molecule has 3 atom stereocenters. The molecule has 2 saturated heterocycles. The number of piperidine rings is 1. The van der Waals surface area contributed by atoms with Gasteiger partial charge in [-0.05, 0) is 44.6 Å². The highest BCUT2D eigenvalue weighted by Gasteiger charge is 2.57. The van der Waals surface area contributed by atoms with E-state index in [0.717, 1.165) is 26.1 Å². The molecule has 3 heterocycles. The maximum Gasteiger partial charge on any atom is 0.407 e. The average Bonchev–Trinajstić information content (AvgIpc) is 3.24. The first kappa shape index (κ1) is 15.9. The zero-order valence-corrected chi connectivity index (χ0v) is 14.5. The van der Waals surface area contributed by atoms with Crippen molar-refractivity contribution >= 4 is 6.09 Å². The molecule has 24 heavy (non-hydrogen) atoms. The maximum atomic E-state index is 11.3. The number of carbonyl (C=O) groups is 1. The van der Waals surface area contributed by atoms with Crippen molar-refractivity contribution in [3.63, 3.8) is 0 Å². The van der Waals surface area contributed by atoms with Gasteiger partial charge in [0.15, 0.2) is 0 Å². The number of hydrogen-bond donors (Lipinski definition) is 1. The summed E-state index contributed by atoms with van der Waals surface area (Å²) >= 11 is 0. The second-order valence-corrected chi connectivity index (χ2v) is 7.85. The first-order valence-electron chi connectivity index (χ1n) is 9.36. The first-order valence-corrected chi connectivity index (χ1v) is 9.36. The van der Waals surface area contributed by atoms with E-state index < -0.39 is 6.09 Å². The van der Waals surface area contributed by atoms with Gasteiger partial charge in [0.1, 0.15) is 0 Å². The van der Waals surface area contributed by atoms with E-state index in [2.05, 4.69) is 27.8 Å². The Bertz CT molecular complexity index is 582. The summed E-state index contributed by atoms with van der Waals surface area (Å²) in [5.41, 5.74) is 0.261. The molecule has 2 aliphatic heterocycles. The Morgan fingerprint density at radius 3 is 2.71 bits per heavy atom. The standard InChI is InChI=1S/C18H28N4O2/c1-2-16-18(13-21(16)17(23)24)7-4-15(12-18)20-10-5-14(6-11-20)22-9-3-8-19-22/h3,8-9,14-16H,2,4-7,10-13H2,1H3,(H,23,24). The Morgan fingerprint density at radius 2 is 2.08 bits per heavy atom. The summed E-state index contributed by atoms with van der Waals surface area (Å²) in [6, 6.07) is 3.43. The molecule has 1 saturated carbocycles. The summed E-state index contributed by atoms with van der Waals surface area (Å²) in [7, 11) is 0. The topological polar surface area (TPSA) is 61.6 Å². The van der Waals surface area contributed by atoms with Gasteiger partial charge in [0.25, 0.3) is 0 Å². The Labute approximate surface area is 143 Å². The summed E-state index contributed by atoms with van der Waals surface area (Å²) in [6.07, 6.45) is 10.1. The lowest BCUT2D eigenvalue weighted by atomic mass is 9.69. The van der Waals surface area contributed by atoms with E-state index in [1.54, 1.807) is 4.90 Å². The van der Waals surface area contributed by atoms with E-state index in [1.807, 2.05) is 12.3 Å². The lowest BCUT2D eigenvalue weighted by Crippen LogP contribution is -2.65. The number of nitrogens with zero attached hydrogens (tertiary/aromatic N) is 4. The van der Waals surface area contributed by atoms with Crippen LogP contribution >= 0.6 is 0 Å². The van der Waals surface area contributed by atoms with Gasteiger partial charge >= 0.3 is 6.09 Å². The van der Waals surface area contributed by atoms with Crippen LogP contribution in [0.1, 0.15) is 51.5 Å². The summed E-state index contributed by atoms with van der Waals surface area (Å²) in [5, 5.41) is 13.7. The molecular weight excluding hydrogens is 304 g/mol. The maximum absolute atomic E-state index is 11.3. The van der Waals surface area contributed by atoms with Crippen molar-refractivity contribution in [2.75, 3.05) is 19.6 Å². The Hall–Kier alpha value is -1.56. The van der Waals surface area contributed by atoms with Crippen molar-refractivity contribution in [1.82, 2.24) is 19.6 Å². The van der Waals surface area contributed by atoms with Crippen molar-refractivity contribution in [3.8, 4) is 0 Å². The van der Waals surface area contributed by atoms with E-state index in [-0.39, 0.29) is 11.5 Å². The van der Waals surface area contributed by atoms with Gasteiger partial charge in [-0.15, -0.1) is 0 Å². The fourth-order valence-electron chi connectivity index (χ4n) is 5.52. The molecule has 1 N–H and O–H groups in total. The molecule has 6 heteroatoms. The number of aromatic nitrogens is 2. The van der Waals surface area contributed by atoms with Crippen LogP contribution in [0, 0.1) is 5.41 Å². The van der Waals surface area contributed by atoms with E-state index >= 15 is 0 Å². The van der Waals surface area contributed by atoms with Gasteiger partial charge < -0.3 is 14.9 Å². The molecule has 1 aliphatic carbocycles. The zero-order valence-electron chi connectivity index (χ0n) is 14.5. The molecule has 132 valence electrons. The minimum atomic E-state index is -0.740. The van der Waals surface area contributed by atoms with Crippen molar-refractivity contribution in [2.24, 2.45) is 5.41 Å². The van der Waals surface area contributed by atoms with Gasteiger partial charge in [-0.2, -0.15) is 5.10 Å². The van der Waals surface area contributed by atoms with Crippen molar-refractivity contribution in [1.29, 1.82) is 0 Å². The molecule has 4 rings (SSSR count). The molecule has 1 spiro atoms. The van der Waals surface area contributed by atoms with Crippen LogP contribution in [-0.2, 0) is 0 Å². The molecular formula is C18H28N4O2. The monoisotopic (exact) mass is 332 g/mol. The van der Waals surface area contributed by atoms with E-state index in [4.69, 9.17) is 0 Å². The number of hydrogen-bond acceptors (Lipinski definition) is 3. The highest BCUT2D eigenvalue weighted by Crippen LogP contribution is 2.53. The van der Waals surface area contributed by atoms with E-state index in [9.17, 15) is 9.90 Å². The Morgan fingerprint density at radius 1 is 1.29 bits per heavy atom. The minimum Gasteiger partial charge on any atom is -0.465 e. The molecule has 0 bridgehead atoms. The largest absolute Gasteiger partial charge is 0.465 e. The van der Waals surface area contributed by atoms with Gasteiger partial charge in [-0.25, -0.2) is 4.79 Å². The molecule has 3 aliphatic rings. The third-order valence-electron chi connectivity index (χ3n) is 6.73. The Kier molecular flexibility index (Phi) is 4.03. The second kappa shape index (κ2) is 6.06. The summed E-state index contributed by atoms with van der Waals surface area (Å²) < 4.78 is 2.11. The van der Waals surface area contributed by atoms with Crippen LogP contribution < -0.4 is 0 Å². The summed E-state index contributed by atoms with van der Waals surface area (Å²) in [5.74, 6) is 0. The molecule has 1 aromatic heterocycles. The summed E-state index contributed by atoms with van der Waals surface area (Å²) in [4.78, 5) is 15.6. The predicted molar refractivity (Wildman–Crippen MR) is 91.0 cm³/mol. The van der Waals surface area contributed by atoms with Crippen molar-refractivity contribution in [3.05, 3.63) is 18.5 Å².